The minimum atomic E-state index is -2.90. The number of sulfone groups is 1. The van der Waals surface area contributed by atoms with Crippen molar-refractivity contribution in [3.05, 3.63) is 0 Å². The Labute approximate surface area is 111 Å². The Balaban J connectivity index is 2.16. The van der Waals surface area contributed by atoms with Crippen molar-refractivity contribution in [3.8, 4) is 0 Å². The lowest BCUT2D eigenvalue weighted by molar-refractivity contribution is -0.143. The van der Waals surface area contributed by atoms with E-state index in [1.54, 1.807) is 6.92 Å². The largest absolute Gasteiger partial charge is 0.465 e. The molecule has 0 aromatic carbocycles. The fourth-order valence-electron chi connectivity index (χ4n) is 1.52. The molecule has 1 aliphatic rings. The lowest BCUT2D eigenvalue weighted by Crippen LogP contribution is -2.32. The summed E-state index contributed by atoms with van der Waals surface area (Å²) in [5.74, 6) is -0.242. The zero-order valence-corrected chi connectivity index (χ0v) is 11.8. The van der Waals surface area contributed by atoms with Gasteiger partial charge in [0.2, 0.25) is 5.91 Å². The third-order valence-electron chi connectivity index (χ3n) is 2.38. The third-order valence-corrected chi connectivity index (χ3v) is 5.66. The van der Waals surface area contributed by atoms with E-state index < -0.39 is 15.8 Å². The molecule has 0 spiro atoms. The van der Waals surface area contributed by atoms with Crippen LogP contribution in [0.1, 0.15) is 13.3 Å². The highest BCUT2D eigenvalue weighted by molar-refractivity contribution is 8.02. The number of carbonyl (C=O) groups is 2. The van der Waals surface area contributed by atoms with Crippen molar-refractivity contribution < 1.29 is 22.7 Å². The van der Waals surface area contributed by atoms with Crippen LogP contribution >= 0.6 is 11.8 Å². The summed E-state index contributed by atoms with van der Waals surface area (Å²) in [6.07, 6.45) is 0.595. The highest BCUT2D eigenvalue weighted by Gasteiger charge is 2.28. The number of nitrogens with one attached hydrogen (secondary N) is 1. The fourth-order valence-corrected chi connectivity index (χ4v) is 4.99. The summed E-state index contributed by atoms with van der Waals surface area (Å²) in [5, 5.41) is 2.42. The molecule has 1 heterocycles. The molecule has 1 saturated heterocycles. The molecule has 1 atom stereocenters. The molecule has 0 aromatic heterocycles. The average molecular weight is 295 g/mol. The maximum absolute atomic E-state index is 11.4. The number of amides is 1. The number of thioether (sulfide) groups is 1. The van der Waals surface area contributed by atoms with Crippen LogP contribution in [0.5, 0.6) is 0 Å². The molecule has 1 aliphatic heterocycles. The molecule has 1 rings (SSSR count). The molecular formula is C10H17NO5S2. The van der Waals surface area contributed by atoms with Gasteiger partial charge in [-0.05, 0) is 13.3 Å². The van der Waals surface area contributed by atoms with Gasteiger partial charge >= 0.3 is 5.97 Å². The standard InChI is InChI=1S/C10H17NO5S2/c1-2-16-10(13)5-11-9(12)6-17-8-3-4-18(14,15)7-8/h8H,2-7H2,1H3,(H,11,12). The molecule has 0 aromatic rings. The van der Waals surface area contributed by atoms with Crippen LogP contribution in [0.4, 0.5) is 0 Å². The van der Waals surface area contributed by atoms with E-state index >= 15 is 0 Å². The van der Waals surface area contributed by atoms with Gasteiger partial charge in [-0.15, -0.1) is 11.8 Å². The second-order valence-electron chi connectivity index (χ2n) is 3.92. The average Bonchev–Trinajstić information content (AvgIpc) is 2.64. The van der Waals surface area contributed by atoms with Crippen molar-refractivity contribution in [2.24, 2.45) is 0 Å². The molecule has 1 amide bonds. The first-order valence-electron chi connectivity index (χ1n) is 5.67. The van der Waals surface area contributed by atoms with Crippen LogP contribution in [0.2, 0.25) is 0 Å². The molecule has 18 heavy (non-hydrogen) atoms. The summed E-state index contributed by atoms with van der Waals surface area (Å²) in [7, 11) is -2.90. The summed E-state index contributed by atoms with van der Waals surface area (Å²) in [6.45, 7) is 1.83. The monoisotopic (exact) mass is 295 g/mol. The SMILES string of the molecule is CCOC(=O)CNC(=O)CSC1CCS(=O)(=O)C1. The summed E-state index contributed by atoms with van der Waals surface area (Å²) in [5.41, 5.74) is 0. The predicted molar refractivity (Wildman–Crippen MR) is 69.2 cm³/mol. The molecule has 8 heteroatoms. The highest BCUT2D eigenvalue weighted by Crippen LogP contribution is 2.23. The van der Waals surface area contributed by atoms with Crippen molar-refractivity contribution in [3.63, 3.8) is 0 Å². The molecule has 1 fully saturated rings. The Bertz CT molecular complexity index is 406. The summed E-state index contributed by atoms with van der Waals surface area (Å²) < 4.78 is 27.1. The Hall–Kier alpha value is -0.760. The number of hydrogen-bond donors (Lipinski definition) is 1. The van der Waals surface area contributed by atoms with Crippen LogP contribution in [0.25, 0.3) is 0 Å². The van der Waals surface area contributed by atoms with E-state index in [-0.39, 0.29) is 41.6 Å². The van der Waals surface area contributed by atoms with Gasteiger partial charge in [-0.2, -0.15) is 0 Å². The van der Waals surface area contributed by atoms with Crippen LogP contribution in [0.15, 0.2) is 0 Å². The second-order valence-corrected chi connectivity index (χ2v) is 7.44. The number of esters is 1. The van der Waals surface area contributed by atoms with E-state index in [2.05, 4.69) is 10.1 Å². The predicted octanol–water partition coefficient (Wildman–Crippen LogP) is -0.414. The Morgan fingerprint density at radius 2 is 2.17 bits per heavy atom. The van der Waals surface area contributed by atoms with E-state index in [0.29, 0.717) is 6.42 Å². The fraction of sp³-hybridized carbons (Fsp3) is 0.800. The maximum Gasteiger partial charge on any atom is 0.325 e. The van der Waals surface area contributed by atoms with Crippen molar-refractivity contribution in [2.75, 3.05) is 30.4 Å². The van der Waals surface area contributed by atoms with Crippen molar-refractivity contribution in [2.45, 2.75) is 18.6 Å². The molecule has 0 bridgehead atoms. The van der Waals surface area contributed by atoms with Gasteiger partial charge in [-0.3, -0.25) is 9.59 Å². The van der Waals surface area contributed by atoms with Gasteiger partial charge < -0.3 is 10.1 Å². The molecule has 0 radical (unpaired) electrons. The highest BCUT2D eigenvalue weighted by atomic mass is 32.2. The van der Waals surface area contributed by atoms with Crippen LogP contribution < -0.4 is 5.32 Å². The van der Waals surface area contributed by atoms with Gasteiger partial charge in [-0.1, -0.05) is 0 Å². The van der Waals surface area contributed by atoms with Crippen LogP contribution in [-0.4, -0.2) is 56.0 Å². The topological polar surface area (TPSA) is 89.5 Å². The van der Waals surface area contributed by atoms with E-state index in [0.717, 1.165) is 0 Å². The van der Waals surface area contributed by atoms with Crippen molar-refractivity contribution >= 4 is 33.5 Å². The van der Waals surface area contributed by atoms with E-state index in [1.807, 2.05) is 0 Å². The van der Waals surface area contributed by atoms with Gasteiger partial charge in [0.1, 0.15) is 6.54 Å². The Kier molecular flexibility index (Phi) is 5.94. The first-order chi connectivity index (χ1) is 8.43. The zero-order chi connectivity index (χ0) is 13.6. The van der Waals surface area contributed by atoms with E-state index in [1.165, 1.54) is 11.8 Å². The smallest absolute Gasteiger partial charge is 0.325 e. The number of hydrogen-bond acceptors (Lipinski definition) is 6. The number of rotatable bonds is 6. The third kappa shape index (κ3) is 5.72. The lowest BCUT2D eigenvalue weighted by atomic mass is 10.4. The minimum Gasteiger partial charge on any atom is -0.465 e. The number of ether oxygens (including phenoxy) is 1. The second kappa shape index (κ2) is 6.98. The molecule has 0 aliphatic carbocycles. The summed E-state index contributed by atoms with van der Waals surface area (Å²) in [4.78, 5) is 22.4. The van der Waals surface area contributed by atoms with Gasteiger partial charge in [0.25, 0.3) is 0 Å². The normalized spacial score (nSPS) is 21.5. The van der Waals surface area contributed by atoms with Gasteiger partial charge in [0.15, 0.2) is 9.84 Å². The molecule has 104 valence electrons. The van der Waals surface area contributed by atoms with Gasteiger partial charge in [0.05, 0.1) is 23.9 Å². The van der Waals surface area contributed by atoms with E-state index in [9.17, 15) is 18.0 Å². The lowest BCUT2D eigenvalue weighted by Gasteiger charge is -2.07. The summed E-state index contributed by atoms with van der Waals surface area (Å²) in [6, 6.07) is 0. The van der Waals surface area contributed by atoms with Gasteiger partial charge in [0, 0.05) is 5.25 Å². The molecular weight excluding hydrogens is 278 g/mol. The Morgan fingerprint density at radius 3 is 2.72 bits per heavy atom. The number of carbonyl (C=O) groups excluding carboxylic acids is 2. The minimum absolute atomic E-state index is 0.0108. The molecule has 1 N–H and O–H groups in total. The molecule has 6 nitrogen and oxygen atoms in total. The molecule has 1 unspecified atom stereocenters. The van der Waals surface area contributed by atoms with Crippen LogP contribution in [0.3, 0.4) is 0 Å². The van der Waals surface area contributed by atoms with E-state index in [4.69, 9.17) is 0 Å². The zero-order valence-electron chi connectivity index (χ0n) is 10.2. The summed E-state index contributed by atoms with van der Waals surface area (Å²) >= 11 is 1.32. The maximum atomic E-state index is 11.4. The Morgan fingerprint density at radius 1 is 1.44 bits per heavy atom. The first-order valence-corrected chi connectivity index (χ1v) is 8.54. The molecule has 0 saturated carbocycles. The van der Waals surface area contributed by atoms with Crippen molar-refractivity contribution in [1.29, 1.82) is 0 Å². The van der Waals surface area contributed by atoms with Gasteiger partial charge in [-0.25, -0.2) is 8.42 Å². The van der Waals surface area contributed by atoms with Crippen molar-refractivity contribution in [1.82, 2.24) is 5.32 Å². The first kappa shape index (κ1) is 15.3. The quantitative estimate of drug-likeness (QED) is 0.670. The van der Waals surface area contributed by atoms with Crippen LogP contribution in [0, 0.1) is 0 Å². The van der Waals surface area contributed by atoms with Crippen LogP contribution in [-0.2, 0) is 24.2 Å².